The molecule has 0 aliphatic carbocycles. The van der Waals surface area contributed by atoms with Crippen LogP contribution in [0.1, 0.15) is 19.4 Å². The van der Waals surface area contributed by atoms with Gasteiger partial charge in [0.1, 0.15) is 0 Å². The lowest BCUT2D eigenvalue weighted by Crippen LogP contribution is -2.36. The highest BCUT2D eigenvalue weighted by Crippen LogP contribution is 2.26. The summed E-state index contributed by atoms with van der Waals surface area (Å²) in [7, 11) is 0. The number of carbonyl (C=O) groups excluding carboxylic acids is 1. The van der Waals surface area contributed by atoms with Crippen LogP contribution in [0, 0.1) is 0 Å². The number of benzene rings is 1. The molecule has 0 spiro atoms. The minimum absolute atomic E-state index is 0.180. The van der Waals surface area contributed by atoms with Gasteiger partial charge in [-0.3, -0.25) is 4.79 Å². The molecule has 0 unspecified atom stereocenters. The van der Waals surface area contributed by atoms with Crippen LogP contribution in [0.2, 0.25) is 0 Å². The molecule has 1 aliphatic rings. The van der Waals surface area contributed by atoms with Crippen LogP contribution in [-0.2, 0) is 9.53 Å². The van der Waals surface area contributed by atoms with Crippen molar-refractivity contribution < 1.29 is 14.3 Å². The molecule has 0 saturated carbocycles. The summed E-state index contributed by atoms with van der Waals surface area (Å²) in [6.45, 7) is 8.73. The maximum absolute atomic E-state index is 12.0. The third kappa shape index (κ3) is 5.88. The van der Waals surface area contributed by atoms with Gasteiger partial charge in [-0.15, -0.1) is 4.37 Å². The van der Waals surface area contributed by atoms with Crippen molar-refractivity contribution >= 4 is 35.4 Å². The van der Waals surface area contributed by atoms with Crippen molar-refractivity contribution in [3.8, 4) is 5.88 Å². The summed E-state index contributed by atoms with van der Waals surface area (Å²) < 4.78 is 19.3. The van der Waals surface area contributed by atoms with Crippen LogP contribution in [0.25, 0.3) is 0 Å². The Labute approximate surface area is 174 Å². The zero-order valence-electron chi connectivity index (χ0n) is 16.7. The van der Waals surface area contributed by atoms with Crippen molar-refractivity contribution in [2.75, 3.05) is 55.8 Å². The average Bonchev–Trinajstić information content (AvgIpc) is 3.23. The predicted octanol–water partition coefficient (Wildman–Crippen LogP) is 1.75. The fraction of sp³-hybridized carbons (Fsp3) is 0.474. The van der Waals surface area contributed by atoms with Gasteiger partial charge < -0.3 is 19.3 Å². The van der Waals surface area contributed by atoms with E-state index >= 15 is 0 Å². The number of rotatable bonds is 9. The average molecular weight is 419 g/mol. The highest BCUT2D eigenvalue weighted by atomic mass is 32.1. The zero-order valence-corrected chi connectivity index (χ0v) is 17.5. The first-order valence-corrected chi connectivity index (χ1v) is 10.4. The summed E-state index contributed by atoms with van der Waals surface area (Å²) >= 11 is 1.06. The van der Waals surface area contributed by atoms with E-state index in [0.29, 0.717) is 24.9 Å². The predicted molar refractivity (Wildman–Crippen MR) is 114 cm³/mol. The molecule has 1 saturated heterocycles. The van der Waals surface area contributed by atoms with Gasteiger partial charge >= 0.3 is 0 Å². The number of hydrazone groups is 1. The first-order chi connectivity index (χ1) is 14.2. The lowest BCUT2D eigenvalue weighted by Gasteiger charge is -2.26. The van der Waals surface area contributed by atoms with E-state index in [0.717, 1.165) is 49.2 Å². The first kappa shape index (κ1) is 21.0. The maximum Gasteiger partial charge on any atom is 0.278 e. The molecule has 9 nitrogen and oxygen atoms in total. The Morgan fingerprint density at radius 2 is 2.00 bits per heavy atom. The Balaban J connectivity index is 1.46. The Kier molecular flexibility index (Phi) is 7.77. The second-order valence-corrected chi connectivity index (χ2v) is 6.87. The lowest BCUT2D eigenvalue weighted by molar-refractivity contribution is -0.123. The van der Waals surface area contributed by atoms with E-state index in [1.54, 1.807) is 6.21 Å². The third-order valence-corrected chi connectivity index (χ3v) is 5.02. The van der Waals surface area contributed by atoms with Crippen molar-refractivity contribution in [1.82, 2.24) is 14.2 Å². The molecule has 10 heteroatoms. The molecule has 2 heterocycles. The maximum atomic E-state index is 12.0. The molecule has 0 radical (unpaired) electrons. The van der Waals surface area contributed by atoms with Crippen LogP contribution in [0.4, 0.5) is 11.5 Å². The molecule has 1 aromatic heterocycles. The van der Waals surface area contributed by atoms with Crippen LogP contribution in [0.5, 0.6) is 5.88 Å². The fourth-order valence-electron chi connectivity index (χ4n) is 2.94. The monoisotopic (exact) mass is 418 g/mol. The van der Waals surface area contributed by atoms with Gasteiger partial charge in [0.2, 0.25) is 5.82 Å². The number of hydrogen-bond donors (Lipinski definition) is 1. The fourth-order valence-corrected chi connectivity index (χ4v) is 3.46. The Hall–Kier alpha value is -2.72. The summed E-state index contributed by atoms with van der Waals surface area (Å²) in [6, 6.07) is 8.02. The summed E-state index contributed by atoms with van der Waals surface area (Å²) in [5.41, 5.74) is 4.54. The molecule has 29 heavy (non-hydrogen) atoms. The number of nitrogens with zero attached hydrogens (tertiary/aromatic N) is 5. The topological polar surface area (TPSA) is 92.2 Å². The van der Waals surface area contributed by atoms with E-state index in [1.165, 1.54) is 0 Å². The molecule has 1 amide bonds. The van der Waals surface area contributed by atoms with Crippen LogP contribution in [0.3, 0.4) is 0 Å². The zero-order chi connectivity index (χ0) is 20.5. The van der Waals surface area contributed by atoms with E-state index in [9.17, 15) is 4.79 Å². The van der Waals surface area contributed by atoms with Gasteiger partial charge in [0.25, 0.3) is 11.8 Å². The van der Waals surface area contributed by atoms with Crippen molar-refractivity contribution in [2.45, 2.75) is 13.8 Å². The molecule has 1 fully saturated rings. The molecule has 1 aromatic carbocycles. The van der Waals surface area contributed by atoms with Crippen molar-refractivity contribution in [3.05, 3.63) is 29.8 Å². The molecule has 1 aliphatic heterocycles. The van der Waals surface area contributed by atoms with Gasteiger partial charge in [-0.2, -0.15) is 9.47 Å². The smallest absolute Gasteiger partial charge is 0.278 e. The van der Waals surface area contributed by atoms with E-state index in [1.807, 2.05) is 29.2 Å². The highest BCUT2D eigenvalue weighted by Gasteiger charge is 2.20. The van der Waals surface area contributed by atoms with E-state index in [4.69, 9.17) is 9.47 Å². The second-order valence-electron chi connectivity index (χ2n) is 6.34. The van der Waals surface area contributed by atoms with Crippen LogP contribution in [-0.4, -0.2) is 66.9 Å². The van der Waals surface area contributed by atoms with Crippen molar-refractivity contribution in [3.63, 3.8) is 0 Å². The number of carbonyl (C=O) groups is 1. The first-order valence-electron chi connectivity index (χ1n) is 9.66. The number of morpholine rings is 1. The number of aromatic nitrogens is 2. The largest absolute Gasteiger partial charge is 0.464 e. The summed E-state index contributed by atoms with van der Waals surface area (Å²) in [6.07, 6.45) is 1.60. The number of anilines is 2. The molecule has 3 rings (SSSR count). The molecular weight excluding hydrogens is 392 g/mol. The van der Waals surface area contributed by atoms with E-state index in [2.05, 4.69) is 38.0 Å². The summed E-state index contributed by atoms with van der Waals surface area (Å²) in [5, 5.41) is 3.99. The Morgan fingerprint density at radius 1 is 1.28 bits per heavy atom. The van der Waals surface area contributed by atoms with Crippen LogP contribution in [0.15, 0.2) is 29.4 Å². The van der Waals surface area contributed by atoms with Gasteiger partial charge in [0.05, 0.1) is 31.2 Å². The van der Waals surface area contributed by atoms with Gasteiger partial charge in [-0.25, -0.2) is 5.43 Å². The van der Waals surface area contributed by atoms with Crippen LogP contribution >= 0.6 is 11.7 Å². The Morgan fingerprint density at radius 3 is 2.69 bits per heavy atom. The number of hydrogen-bond acceptors (Lipinski definition) is 9. The number of nitrogens with one attached hydrogen (secondary N) is 1. The molecule has 0 atom stereocenters. The van der Waals surface area contributed by atoms with E-state index in [-0.39, 0.29) is 12.5 Å². The molecule has 1 N–H and O–H groups in total. The van der Waals surface area contributed by atoms with Gasteiger partial charge in [0, 0.05) is 31.9 Å². The summed E-state index contributed by atoms with van der Waals surface area (Å²) in [4.78, 5) is 16.3. The second kappa shape index (κ2) is 10.7. The molecule has 156 valence electrons. The number of ether oxygens (including phenoxy) is 2. The van der Waals surface area contributed by atoms with Gasteiger partial charge in [-0.1, -0.05) is 12.1 Å². The third-order valence-electron chi connectivity index (χ3n) is 4.52. The highest BCUT2D eigenvalue weighted by molar-refractivity contribution is 6.99. The van der Waals surface area contributed by atoms with Gasteiger partial charge in [0.15, 0.2) is 6.61 Å². The SMILES string of the molecule is CCN(CC)c1ccc(/C=N/NC(=O)COc2nsnc2N2CCOCC2)cc1. The number of amides is 1. The summed E-state index contributed by atoms with van der Waals surface area (Å²) in [5.74, 6) is 0.660. The standard InChI is InChI=1S/C19H26N6O3S/c1-3-24(4-2)16-7-5-15(6-8-16)13-20-21-17(26)14-28-19-18(22-29-23-19)25-9-11-27-12-10-25/h5-8,13H,3-4,9-12,14H2,1-2H3,(H,21,26)/b20-13+. The van der Waals surface area contributed by atoms with E-state index < -0.39 is 0 Å². The minimum atomic E-state index is -0.359. The van der Waals surface area contributed by atoms with Crippen molar-refractivity contribution in [2.24, 2.45) is 5.10 Å². The molecular formula is C19H26N6O3S. The van der Waals surface area contributed by atoms with Gasteiger partial charge in [-0.05, 0) is 31.5 Å². The minimum Gasteiger partial charge on any atom is -0.464 e. The van der Waals surface area contributed by atoms with Crippen molar-refractivity contribution in [1.29, 1.82) is 0 Å². The Bertz CT molecular complexity index is 801. The quantitative estimate of drug-likeness (QED) is 0.490. The van der Waals surface area contributed by atoms with Crippen LogP contribution < -0.4 is 20.0 Å². The molecule has 2 aromatic rings. The molecule has 0 bridgehead atoms. The normalized spacial score (nSPS) is 14.2. The lowest BCUT2D eigenvalue weighted by atomic mass is 10.2.